The molecule has 11 atom stereocenters. The Hall–Kier alpha value is -6.64. The van der Waals surface area contributed by atoms with Crippen LogP contribution in [0.2, 0.25) is 0 Å². The van der Waals surface area contributed by atoms with Gasteiger partial charge in [0, 0.05) is 90.9 Å². The maximum atomic E-state index is 15.3. The maximum Gasteiger partial charge on any atom is 0.335 e. The molecule has 1 saturated carbocycles. The fraction of sp³-hybridized carbons (Fsp3) is 0.473. The standard InChI is InChI=1S/C51H58FN5O7.C4H6O6/c1-7-31-22-32-25-50(47(60)63-6,42-35(28-56(26-31)27-32)33-14-10-12-17-39(33)54-42)37-23-36-40(24-41(37)62-5)55(4)45-49(36)19-21-57-20-13-18-48(8-2,44(49)57)46(64-30(3)58)51(45,61)29-53-43(59)34-15-9-11-16-38(34)52;5-1(3(7)8)2(6)4(9)10/h9-18,22-24,32,44-46,54,61H,7-8,19-21,25-29H2,1-6H3,(H,53,59);1-2,5-6H,(H,7,8)(H,9,10)/t32-,44-,45+,46+,48+,49+,50-,51-;/m0./s1. The van der Waals surface area contributed by atoms with Crippen LogP contribution in [0, 0.1) is 17.2 Å². The number of ether oxygens (including phenoxy) is 3. The van der Waals surface area contributed by atoms with E-state index in [9.17, 15) is 24.3 Å². The van der Waals surface area contributed by atoms with Gasteiger partial charge in [0.2, 0.25) is 0 Å². The fourth-order valence-electron chi connectivity index (χ4n) is 14.0. The number of aliphatic hydroxyl groups excluding tert-OH is 2. The lowest BCUT2D eigenvalue weighted by molar-refractivity contribution is -0.216. The number of aliphatic hydroxyl groups is 3. The Labute approximate surface area is 427 Å². The number of nitrogens with zero attached hydrogens (tertiary/aromatic N) is 3. The van der Waals surface area contributed by atoms with Crippen LogP contribution in [0.25, 0.3) is 10.9 Å². The van der Waals surface area contributed by atoms with Gasteiger partial charge in [0.05, 0.1) is 32.4 Å². The predicted octanol–water partition coefficient (Wildman–Crippen LogP) is 4.03. The molecule has 394 valence electrons. The van der Waals surface area contributed by atoms with Gasteiger partial charge in [-0.05, 0) is 73.5 Å². The molecule has 1 aliphatic carbocycles. The van der Waals surface area contributed by atoms with Crippen LogP contribution in [0.1, 0.15) is 79.2 Å². The Morgan fingerprint density at radius 2 is 1.65 bits per heavy atom. The quantitative estimate of drug-likeness (QED) is 0.0782. The number of carbonyl (C=O) groups excluding carboxylic acids is 3. The number of aliphatic carboxylic acids is 2. The van der Waals surface area contributed by atoms with E-state index in [0.717, 1.165) is 52.9 Å². The smallest absolute Gasteiger partial charge is 0.335 e. The lowest BCUT2D eigenvalue weighted by Crippen LogP contribution is -2.81. The first-order valence-corrected chi connectivity index (χ1v) is 25.0. The van der Waals surface area contributed by atoms with Crippen molar-refractivity contribution in [2.75, 3.05) is 58.9 Å². The highest BCUT2D eigenvalue weighted by Gasteiger charge is 2.78. The zero-order valence-corrected chi connectivity index (χ0v) is 42.3. The van der Waals surface area contributed by atoms with E-state index >= 15 is 9.18 Å². The van der Waals surface area contributed by atoms with Gasteiger partial charge in [0.25, 0.3) is 5.91 Å². The molecule has 1 amide bonds. The van der Waals surface area contributed by atoms with Crippen molar-refractivity contribution in [2.45, 2.75) is 99.8 Å². The van der Waals surface area contributed by atoms with Crippen LogP contribution in [-0.4, -0.2) is 160 Å². The van der Waals surface area contributed by atoms with Gasteiger partial charge in [-0.2, -0.15) is 0 Å². The van der Waals surface area contributed by atoms with Gasteiger partial charge in [-0.25, -0.2) is 14.0 Å². The Morgan fingerprint density at radius 3 is 2.30 bits per heavy atom. The minimum absolute atomic E-state index is 0.00873. The molecule has 7 N–H and O–H groups in total. The minimum atomic E-state index is -2.27. The molecule has 6 aliphatic rings. The van der Waals surface area contributed by atoms with Crippen LogP contribution in [-0.2, 0) is 46.0 Å². The number of aromatic nitrogens is 1. The van der Waals surface area contributed by atoms with Crippen molar-refractivity contribution in [1.82, 2.24) is 20.1 Å². The molecule has 2 bridgehead atoms. The number of carbonyl (C=O) groups is 5. The zero-order chi connectivity index (χ0) is 53.2. The Morgan fingerprint density at radius 1 is 0.946 bits per heavy atom. The van der Waals surface area contributed by atoms with Gasteiger partial charge >= 0.3 is 23.9 Å². The summed E-state index contributed by atoms with van der Waals surface area (Å²) in [6.07, 6.45) is 3.36. The molecule has 18 nitrogen and oxygen atoms in total. The minimum Gasteiger partial charge on any atom is -0.496 e. The molecule has 1 saturated heterocycles. The van der Waals surface area contributed by atoms with E-state index in [-0.39, 0.29) is 24.1 Å². The topological polar surface area (TPSA) is 252 Å². The third-order valence-corrected chi connectivity index (χ3v) is 16.8. The number of benzene rings is 3. The number of nitrogens with one attached hydrogen (secondary N) is 2. The number of H-pyrrole nitrogens is 1. The molecule has 19 heteroatoms. The van der Waals surface area contributed by atoms with E-state index in [0.29, 0.717) is 50.2 Å². The van der Waals surface area contributed by atoms with Crippen molar-refractivity contribution in [3.05, 3.63) is 118 Å². The van der Waals surface area contributed by atoms with Gasteiger partial charge in [0.15, 0.2) is 12.2 Å². The van der Waals surface area contributed by atoms with Crippen LogP contribution < -0.4 is 15.0 Å². The van der Waals surface area contributed by atoms with Gasteiger partial charge in [-0.1, -0.05) is 68.0 Å². The van der Waals surface area contributed by atoms with Crippen LogP contribution in [0.3, 0.4) is 0 Å². The molecule has 6 heterocycles. The Balaban J connectivity index is 0.000000610. The van der Waals surface area contributed by atoms with Crippen molar-refractivity contribution in [3.63, 3.8) is 0 Å². The molecular weight excluding hydrogens is 958 g/mol. The highest BCUT2D eigenvalue weighted by Crippen LogP contribution is 2.68. The number of carboxylic acids is 2. The van der Waals surface area contributed by atoms with Crippen LogP contribution in [0.5, 0.6) is 5.75 Å². The van der Waals surface area contributed by atoms with Crippen molar-refractivity contribution in [1.29, 1.82) is 0 Å². The zero-order valence-electron chi connectivity index (χ0n) is 42.3. The molecule has 3 unspecified atom stereocenters. The van der Waals surface area contributed by atoms with Crippen molar-refractivity contribution >= 4 is 46.4 Å². The van der Waals surface area contributed by atoms with Gasteiger partial charge in [-0.15, -0.1) is 0 Å². The molecule has 4 aromatic rings. The molecule has 2 fully saturated rings. The third-order valence-electron chi connectivity index (χ3n) is 16.8. The number of halogens is 1. The molecule has 3 aromatic carbocycles. The van der Waals surface area contributed by atoms with E-state index in [1.807, 2.05) is 25.2 Å². The highest BCUT2D eigenvalue weighted by molar-refractivity contribution is 5.95. The summed E-state index contributed by atoms with van der Waals surface area (Å²) < 4.78 is 33.8. The number of amides is 1. The van der Waals surface area contributed by atoms with Gasteiger partial charge in [-0.3, -0.25) is 24.2 Å². The van der Waals surface area contributed by atoms with Crippen molar-refractivity contribution in [2.24, 2.45) is 11.3 Å². The maximum absolute atomic E-state index is 15.3. The fourth-order valence-corrected chi connectivity index (χ4v) is 14.0. The third kappa shape index (κ3) is 7.97. The number of rotatable bonds is 12. The number of esters is 2. The van der Waals surface area contributed by atoms with E-state index in [2.05, 4.69) is 75.3 Å². The number of aromatic amines is 1. The normalized spacial score (nSPS) is 30.1. The van der Waals surface area contributed by atoms with Crippen LogP contribution >= 0.6 is 0 Å². The highest BCUT2D eigenvalue weighted by atomic mass is 19.1. The first-order chi connectivity index (χ1) is 35.3. The first kappa shape index (κ1) is 52.2. The SMILES string of the molecule is CCC1=C[C@@H]2CN(C1)Cc1c([nH]c3ccccc13)[C@@](C(=O)OC)(c1cc3c(cc1OC)N(C)[C@H]1[C@@](O)(CNC(=O)c4ccccc4F)[C@H](OC(C)=O)[C@]4(CC)C=CCN5CC[C@]31[C@@H]54)C2.O=C(O)C(O)C(O)C(=O)O. The Kier molecular flexibility index (Phi) is 13.8. The lowest BCUT2D eigenvalue weighted by atomic mass is 9.47. The summed E-state index contributed by atoms with van der Waals surface area (Å²) in [5.41, 5.74) is 1.32. The molecule has 10 rings (SSSR count). The Bertz CT molecular complexity index is 2960. The summed E-state index contributed by atoms with van der Waals surface area (Å²) >= 11 is 0. The summed E-state index contributed by atoms with van der Waals surface area (Å²) in [6, 6.07) is 17.1. The van der Waals surface area contributed by atoms with Crippen LogP contribution in [0.15, 0.2) is 84.5 Å². The average molecular weight is 1020 g/mol. The summed E-state index contributed by atoms with van der Waals surface area (Å²) in [6.45, 7) is 8.85. The van der Waals surface area contributed by atoms with Crippen molar-refractivity contribution in [3.8, 4) is 5.75 Å². The second kappa shape index (κ2) is 19.6. The van der Waals surface area contributed by atoms with E-state index in [1.165, 1.54) is 37.8 Å². The predicted molar refractivity (Wildman–Crippen MR) is 268 cm³/mol. The summed E-state index contributed by atoms with van der Waals surface area (Å²) in [5, 5.41) is 50.3. The lowest BCUT2D eigenvalue weighted by Gasteiger charge is -2.64. The van der Waals surface area contributed by atoms with Gasteiger partial charge in [0.1, 0.15) is 28.7 Å². The molecule has 5 aliphatic heterocycles. The number of hydrogen-bond donors (Lipinski definition) is 7. The second-order valence-corrected chi connectivity index (χ2v) is 20.6. The number of carboxylic acid groups (broad SMARTS) is 2. The number of hydrogen-bond acceptors (Lipinski definition) is 14. The monoisotopic (exact) mass is 1020 g/mol. The molecular formula is C55H64FN5O13. The van der Waals surface area contributed by atoms with E-state index in [1.54, 1.807) is 13.2 Å². The van der Waals surface area contributed by atoms with E-state index < -0.39 is 81.8 Å². The summed E-state index contributed by atoms with van der Waals surface area (Å²) in [4.78, 5) is 72.8. The number of fused-ring (bicyclic) bond motifs is 6. The molecule has 1 aromatic heterocycles. The van der Waals surface area contributed by atoms with E-state index in [4.69, 9.17) is 34.6 Å². The summed E-state index contributed by atoms with van der Waals surface area (Å²) in [5.74, 6) is -5.36. The largest absolute Gasteiger partial charge is 0.496 e. The average Bonchev–Trinajstić information content (AvgIpc) is 4.04. The number of anilines is 1. The first-order valence-electron chi connectivity index (χ1n) is 25.0. The van der Waals surface area contributed by atoms with Crippen LogP contribution in [0.4, 0.5) is 10.1 Å². The number of methoxy groups -OCH3 is 2. The second-order valence-electron chi connectivity index (χ2n) is 20.6. The molecule has 0 radical (unpaired) electrons. The number of likely N-dealkylation sites (N-methyl/N-ethyl adjacent to an activating group) is 1. The molecule has 74 heavy (non-hydrogen) atoms. The summed E-state index contributed by atoms with van der Waals surface area (Å²) in [7, 11) is 5.01. The van der Waals surface area contributed by atoms with Crippen molar-refractivity contribution < 1.29 is 68.1 Å². The number of para-hydroxylation sites is 1. The molecule has 1 spiro atoms. The van der Waals surface area contributed by atoms with Gasteiger partial charge < -0.3 is 54.9 Å².